The van der Waals surface area contributed by atoms with Crippen LogP contribution in [0.5, 0.6) is 5.75 Å². The van der Waals surface area contributed by atoms with Gasteiger partial charge in [0.25, 0.3) is 11.1 Å². The van der Waals surface area contributed by atoms with E-state index in [1.165, 1.54) is 17.4 Å². The Balaban J connectivity index is 1.67. The maximum atomic E-state index is 12.2. The molecule has 0 saturated heterocycles. The van der Waals surface area contributed by atoms with Crippen molar-refractivity contribution in [3.05, 3.63) is 62.0 Å². The van der Waals surface area contributed by atoms with E-state index in [-0.39, 0.29) is 24.4 Å². The molecule has 27 heavy (non-hydrogen) atoms. The smallest absolute Gasteiger partial charge is 0.265 e. The molecular weight excluding hydrogens is 368 g/mol. The molecule has 2 heterocycles. The van der Waals surface area contributed by atoms with Crippen molar-refractivity contribution >= 4 is 22.4 Å². The van der Waals surface area contributed by atoms with Crippen molar-refractivity contribution in [1.29, 1.82) is 0 Å². The first-order valence-corrected chi connectivity index (χ1v) is 9.00. The Bertz CT molecular complexity index is 1070. The van der Waals surface area contributed by atoms with Crippen LogP contribution in [0.25, 0.3) is 11.3 Å². The Morgan fingerprint density at radius 2 is 1.96 bits per heavy atom. The molecule has 0 aliphatic rings. The maximum Gasteiger partial charge on any atom is 0.265 e. The molecule has 0 radical (unpaired) electrons. The summed E-state index contributed by atoms with van der Waals surface area (Å²) >= 11 is 1.37. The Morgan fingerprint density at radius 1 is 1.22 bits per heavy atom. The van der Waals surface area contributed by atoms with E-state index in [9.17, 15) is 14.4 Å². The predicted molar refractivity (Wildman–Crippen MR) is 103 cm³/mol. The number of H-pyrrole nitrogens is 1. The summed E-state index contributed by atoms with van der Waals surface area (Å²) in [6.07, 6.45) is 0.0381. The van der Waals surface area contributed by atoms with Crippen LogP contribution >= 0.6 is 11.3 Å². The van der Waals surface area contributed by atoms with Gasteiger partial charge in [-0.2, -0.15) is 0 Å². The molecule has 2 N–H and O–H groups in total. The molecule has 0 saturated carbocycles. The molecule has 3 rings (SSSR count). The van der Waals surface area contributed by atoms with Crippen molar-refractivity contribution in [3.8, 4) is 17.0 Å². The molecule has 0 atom stereocenters. The fourth-order valence-corrected chi connectivity index (χ4v) is 3.34. The summed E-state index contributed by atoms with van der Waals surface area (Å²) in [5.74, 6) is 0.469. The summed E-state index contributed by atoms with van der Waals surface area (Å²) in [4.78, 5) is 40.5. The highest BCUT2D eigenvalue weighted by atomic mass is 32.1. The SMILES string of the molecule is COc1ccc(-c2nc(NC(=O)CCn3[nH]c(=O)ccc3=O)sc2C)cc1. The zero-order chi connectivity index (χ0) is 19.4. The van der Waals surface area contributed by atoms with Crippen LogP contribution in [0.2, 0.25) is 0 Å². The second-order valence-electron chi connectivity index (χ2n) is 5.75. The van der Waals surface area contributed by atoms with E-state index < -0.39 is 5.56 Å². The van der Waals surface area contributed by atoms with Gasteiger partial charge in [0.05, 0.1) is 19.3 Å². The van der Waals surface area contributed by atoms with Crippen LogP contribution < -0.4 is 21.2 Å². The number of anilines is 1. The zero-order valence-corrected chi connectivity index (χ0v) is 15.6. The number of aromatic nitrogens is 3. The van der Waals surface area contributed by atoms with Gasteiger partial charge in [-0.25, -0.2) is 9.67 Å². The average Bonchev–Trinajstić information content (AvgIpc) is 3.02. The van der Waals surface area contributed by atoms with Gasteiger partial charge >= 0.3 is 0 Å². The van der Waals surface area contributed by atoms with Crippen molar-refractivity contribution in [3.63, 3.8) is 0 Å². The van der Waals surface area contributed by atoms with Gasteiger partial charge in [0.1, 0.15) is 5.75 Å². The first kappa shape index (κ1) is 18.6. The summed E-state index contributed by atoms with van der Waals surface area (Å²) in [6, 6.07) is 9.84. The van der Waals surface area contributed by atoms with E-state index in [0.29, 0.717) is 5.13 Å². The fraction of sp³-hybridized carbons (Fsp3) is 0.222. The van der Waals surface area contributed by atoms with E-state index in [1.807, 2.05) is 31.2 Å². The Hall–Kier alpha value is -3.20. The Kier molecular flexibility index (Phi) is 5.51. The summed E-state index contributed by atoms with van der Waals surface area (Å²) < 4.78 is 6.26. The average molecular weight is 386 g/mol. The molecule has 1 amide bonds. The first-order valence-electron chi connectivity index (χ1n) is 8.18. The van der Waals surface area contributed by atoms with Crippen molar-refractivity contribution < 1.29 is 9.53 Å². The molecule has 1 aromatic carbocycles. The van der Waals surface area contributed by atoms with Gasteiger partial charge in [-0.05, 0) is 31.2 Å². The number of rotatable bonds is 6. The van der Waals surface area contributed by atoms with Crippen molar-refractivity contribution in [2.45, 2.75) is 19.9 Å². The van der Waals surface area contributed by atoms with Crippen molar-refractivity contribution in [2.24, 2.45) is 0 Å². The standard InChI is InChI=1S/C18H18N4O4S/c1-11-17(12-3-5-13(26-2)6-4-12)20-18(27-11)19-14(23)9-10-22-16(25)8-7-15(24)21-22/h3-8H,9-10H2,1-2H3,(H,21,24)(H,19,20,23). The summed E-state index contributed by atoms with van der Waals surface area (Å²) in [7, 11) is 1.61. The second kappa shape index (κ2) is 8.00. The molecule has 0 fully saturated rings. The van der Waals surface area contributed by atoms with Crippen molar-refractivity contribution in [1.82, 2.24) is 14.8 Å². The number of nitrogens with one attached hydrogen (secondary N) is 2. The monoisotopic (exact) mass is 386 g/mol. The number of benzene rings is 1. The number of aryl methyl sites for hydroxylation is 2. The number of hydrogen-bond acceptors (Lipinski definition) is 6. The molecule has 0 bridgehead atoms. The Morgan fingerprint density at radius 3 is 2.67 bits per heavy atom. The van der Waals surface area contributed by atoms with Gasteiger partial charge in [0.2, 0.25) is 5.91 Å². The second-order valence-corrected chi connectivity index (χ2v) is 6.95. The topological polar surface area (TPSA) is 106 Å². The third-order valence-electron chi connectivity index (χ3n) is 3.86. The first-order chi connectivity index (χ1) is 13.0. The van der Waals surface area contributed by atoms with Crippen LogP contribution in [-0.2, 0) is 11.3 Å². The summed E-state index contributed by atoms with van der Waals surface area (Å²) in [5, 5.41) is 5.60. The quantitative estimate of drug-likeness (QED) is 0.674. The molecule has 0 spiro atoms. The number of aromatic amines is 1. The van der Waals surface area contributed by atoms with Gasteiger partial charge in [-0.15, -0.1) is 11.3 Å². The van der Waals surface area contributed by atoms with Gasteiger partial charge in [-0.1, -0.05) is 0 Å². The zero-order valence-electron chi connectivity index (χ0n) is 14.8. The molecule has 9 heteroatoms. The lowest BCUT2D eigenvalue weighted by Crippen LogP contribution is -2.29. The van der Waals surface area contributed by atoms with E-state index in [2.05, 4.69) is 15.4 Å². The van der Waals surface area contributed by atoms with E-state index >= 15 is 0 Å². The van der Waals surface area contributed by atoms with Crippen LogP contribution in [-0.4, -0.2) is 27.8 Å². The maximum absolute atomic E-state index is 12.2. The highest BCUT2D eigenvalue weighted by molar-refractivity contribution is 7.16. The molecule has 0 aliphatic heterocycles. The number of carbonyl (C=O) groups excluding carboxylic acids is 1. The van der Waals surface area contributed by atoms with Gasteiger partial charge in [0.15, 0.2) is 5.13 Å². The van der Waals surface area contributed by atoms with Crippen LogP contribution in [0.3, 0.4) is 0 Å². The number of carbonyl (C=O) groups is 1. The van der Waals surface area contributed by atoms with E-state index in [4.69, 9.17) is 4.74 Å². The van der Waals surface area contributed by atoms with Crippen LogP contribution in [0, 0.1) is 6.92 Å². The molecule has 8 nitrogen and oxygen atoms in total. The fourth-order valence-electron chi connectivity index (χ4n) is 2.49. The molecular formula is C18H18N4O4S. The lowest BCUT2D eigenvalue weighted by atomic mass is 10.1. The lowest BCUT2D eigenvalue weighted by Gasteiger charge is -2.04. The highest BCUT2D eigenvalue weighted by Gasteiger charge is 2.12. The highest BCUT2D eigenvalue weighted by Crippen LogP contribution is 2.31. The number of amides is 1. The van der Waals surface area contributed by atoms with Gasteiger partial charge in [-0.3, -0.25) is 19.5 Å². The number of hydrogen-bond donors (Lipinski definition) is 2. The number of thiazole rings is 1. The molecule has 0 unspecified atom stereocenters. The Labute approximate surface area is 158 Å². The predicted octanol–water partition coefficient (Wildman–Crippen LogP) is 2.01. The van der Waals surface area contributed by atoms with Crippen LogP contribution in [0.4, 0.5) is 5.13 Å². The molecule has 3 aromatic rings. The summed E-state index contributed by atoms with van der Waals surface area (Å²) in [6.45, 7) is 2.01. The van der Waals surface area contributed by atoms with Crippen LogP contribution in [0.1, 0.15) is 11.3 Å². The normalized spacial score (nSPS) is 10.6. The molecule has 0 aliphatic carbocycles. The molecule has 140 valence electrons. The number of nitrogens with zero attached hydrogens (tertiary/aromatic N) is 2. The summed E-state index contributed by atoms with van der Waals surface area (Å²) in [5.41, 5.74) is 0.962. The number of methoxy groups -OCH3 is 1. The number of ether oxygens (including phenoxy) is 1. The minimum absolute atomic E-state index is 0.0381. The van der Waals surface area contributed by atoms with Gasteiger partial charge in [0, 0.05) is 29.0 Å². The van der Waals surface area contributed by atoms with Crippen molar-refractivity contribution in [2.75, 3.05) is 12.4 Å². The minimum atomic E-state index is -0.394. The third kappa shape index (κ3) is 4.50. The minimum Gasteiger partial charge on any atom is -0.497 e. The molecule has 2 aromatic heterocycles. The van der Waals surface area contributed by atoms with Crippen LogP contribution in [0.15, 0.2) is 46.0 Å². The largest absolute Gasteiger partial charge is 0.497 e. The third-order valence-corrected chi connectivity index (χ3v) is 4.74. The van der Waals surface area contributed by atoms with E-state index in [0.717, 1.165) is 32.6 Å². The van der Waals surface area contributed by atoms with Gasteiger partial charge < -0.3 is 10.1 Å². The lowest BCUT2D eigenvalue weighted by molar-refractivity contribution is -0.116. The van der Waals surface area contributed by atoms with E-state index in [1.54, 1.807) is 7.11 Å².